The summed E-state index contributed by atoms with van der Waals surface area (Å²) in [4.78, 5) is 16.7. The lowest BCUT2D eigenvalue weighted by Crippen LogP contribution is -2.36. The first-order valence-electron chi connectivity index (χ1n) is 8.93. The number of fused-ring (bicyclic) bond motifs is 1. The van der Waals surface area contributed by atoms with Crippen LogP contribution >= 0.6 is 22.9 Å². The van der Waals surface area contributed by atoms with Gasteiger partial charge in [0.2, 0.25) is 5.91 Å². The maximum Gasteiger partial charge on any atom is 0.252 e. The number of halogens is 1. The molecule has 0 bridgehead atoms. The highest BCUT2D eigenvalue weighted by atomic mass is 35.5. The standard InChI is InChI=1S/C17H21ClN4O3S2/c1-21-13-10-22(27(24,25)16-6-5-14(18)26-16)8-7-12(13)20-15(21)9-19-17(23)11-3-2-4-11/h5-6,11H,2-4,7-10H2,1H3,(H,19,23). The van der Waals surface area contributed by atoms with Crippen molar-refractivity contribution in [1.82, 2.24) is 19.2 Å². The summed E-state index contributed by atoms with van der Waals surface area (Å²) in [5.41, 5.74) is 1.78. The molecule has 3 heterocycles. The molecule has 2 aromatic heterocycles. The number of sulfonamides is 1. The fourth-order valence-electron chi connectivity index (χ4n) is 3.43. The summed E-state index contributed by atoms with van der Waals surface area (Å²) in [6.07, 6.45) is 3.59. The van der Waals surface area contributed by atoms with E-state index in [4.69, 9.17) is 11.6 Å². The van der Waals surface area contributed by atoms with Crippen LogP contribution in [0, 0.1) is 5.92 Å². The molecule has 0 aromatic carbocycles. The summed E-state index contributed by atoms with van der Waals surface area (Å²) < 4.78 is 29.8. The van der Waals surface area contributed by atoms with Gasteiger partial charge in [0, 0.05) is 25.9 Å². The van der Waals surface area contributed by atoms with Gasteiger partial charge in [-0.3, -0.25) is 4.79 Å². The lowest BCUT2D eigenvalue weighted by atomic mass is 9.85. The van der Waals surface area contributed by atoms with E-state index < -0.39 is 10.0 Å². The quantitative estimate of drug-likeness (QED) is 0.791. The third-order valence-electron chi connectivity index (χ3n) is 5.35. The summed E-state index contributed by atoms with van der Waals surface area (Å²) in [5.74, 6) is 0.977. The van der Waals surface area contributed by atoms with E-state index in [1.807, 2.05) is 11.6 Å². The summed E-state index contributed by atoms with van der Waals surface area (Å²) in [7, 11) is -1.70. The Hall–Kier alpha value is -1.42. The number of imidazole rings is 1. The van der Waals surface area contributed by atoms with Gasteiger partial charge in [0.15, 0.2) is 0 Å². The highest BCUT2D eigenvalue weighted by molar-refractivity contribution is 7.91. The van der Waals surface area contributed by atoms with Crippen LogP contribution in [0.3, 0.4) is 0 Å². The third-order valence-corrected chi connectivity index (χ3v) is 8.90. The molecule has 1 fully saturated rings. The van der Waals surface area contributed by atoms with Crippen LogP contribution in [0.2, 0.25) is 4.34 Å². The van der Waals surface area contributed by atoms with Crippen molar-refractivity contribution >= 4 is 38.9 Å². The summed E-state index contributed by atoms with van der Waals surface area (Å²) >= 11 is 6.97. The highest BCUT2D eigenvalue weighted by Crippen LogP contribution is 2.31. The third kappa shape index (κ3) is 3.53. The molecule has 4 rings (SSSR count). The molecule has 1 amide bonds. The summed E-state index contributed by atoms with van der Waals surface area (Å²) in [6.45, 7) is 1.02. The average Bonchev–Trinajstić information content (AvgIpc) is 3.15. The van der Waals surface area contributed by atoms with Crippen LogP contribution in [0.4, 0.5) is 0 Å². The zero-order valence-corrected chi connectivity index (χ0v) is 17.3. The zero-order valence-electron chi connectivity index (χ0n) is 14.9. The predicted molar refractivity (Wildman–Crippen MR) is 103 cm³/mol. The molecule has 1 saturated carbocycles. The molecule has 2 aliphatic rings. The van der Waals surface area contributed by atoms with Crippen LogP contribution < -0.4 is 5.32 Å². The van der Waals surface area contributed by atoms with Gasteiger partial charge in [-0.05, 0) is 25.0 Å². The molecule has 1 N–H and O–H groups in total. The molecule has 27 heavy (non-hydrogen) atoms. The number of nitrogens with one attached hydrogen (secondary N) is 1. The Morgan fingerprint density at radius 1 is 1.41 bits per heavy atom. The molecule has 0 saturated heterocycles. The summed E-state index contributed by atoms with van der Waals surface area (Å²) in [6, 6.07) is 3.14. The number of carbonyl (C=O) groups excluding carboxylic acids is 1. The molecule has 0 unspecified atom stereocenters. The van der Waals surface area contributed by atoms with Gasteiger partial charge < -0.3 is 9.88 Å². The van der Waals surface area contributed by atoms with Crippen LogP contribution in [-0.2, 0) is 41.4 Å². The van der Waals surface area contributed by atoms with E-state index in [1.165, 1.54) is 4.31 Å². The number of hydrogen-bond donors (Lipinski definition) is 1. The summed E-state index contributed by atoms with van der Waals surface area (Å²) in [5, 5.41) is 2.95. The van der Waals surface area contributed by atoms with Gasteiger partial charge in [0.1, 0.15) is 10.0 Å². The monoisotopic (exact) mass is 428 g/mol. The van der Waals surface area contributed by atoms with Gasteiger partial charge >= 0.3 is 0 Å². The molecular weight excluding hydrogens is 408 g/mol. The lowest BCUT2D eigenvalue weighted by molar-refractivity contribution is -0.127. The second kappa shape index (κ2) is 7.20. The molecule has 0 radical (unpaired) electrons. The normalized spacial score (nSPS) is 18.1. The fraction of sp³-hybridized carbons (Fsp3) is 0.529. The average molecular weight is 429 g/mol. The van der Waals surface area contributed by atoms with E-state index in [1.54, 1.807) is 12.1 Å². The molecule has 2 aromatic rings. The minimum atomic E-state index is -3.57. The van der Waals surface area contributed by atoms with Crippen molar-refractivity contribution in [3.05, 3.63) is 33.7 Å². The fourth-order valence-corrected chi connectivity index (χ4v) is 6.47. The van der Waals surface area contributed by atoms with E-state index in [0.717, 1.165) is 47.8 Å². The highest BCUT2D eigenvalue weighted by Gasteiger charge is 2.32. The van der Waals surface area contributed by atoms with Crippen molar-refractivity contribution in [3.8, 4) is 0 Å². The van der Waals surface area contributed by atoms with E-state index in [9.17, 15) is 13.2 Å². The first-order valence-corrected chi connectivity index (χ1v) is 11.6. The number of amides is 1. The smallest absolute Gasteiger partial charge is 0.252 e. The number of thiophene rings is 1. The van der Waals surface area contributed by atoms with E-state index >= 15 is 0 Å². The van der Waals surface area contributed by atoms with E-state index in [2.05, 4.69) is 10.3 Å². The Kier molecular flexibility index (Phi) is 5.04. The minimum Gasteiger partial charge on any atom is -0.349 e. The molecule has 146 valence electrons. The number of rotatable bonds is 5. The van der Waals surface area contributed by atoms with Crippen molar-refractivity contribution in [2.45, 2.75) is 43.0 Å². The van der Waals surface area contributed by atoms with Crippen molar-refractivity contribution in [2.24, 2.45) is 13.0 Å². The molecular formula is C17H21ClN4O3S2. The molecule has 0 spiro atoms. The molecule has 7 nitrogen and oxygen atoms in total. The maximum absolute atomic E-state index is 12.8. The van der Waals surface area contributed by atoms with Gasteiger partial charge in [-0.25, -0.2) is 13.4 Å². The Balaban J connectivity index is 1.49. The van der Waals surface area contributed by atoms with Crippen molar-refractivity contribution in [1.29, 1.82) is 0 Å². The number of carbonyl (C=O) groups is 1. The molecule has 1 aliphatic heterocycles. The minimum absolute atomic E-state index is 0.0843. The second-order valence-electron chi connectivity index (χ2n) is 6.97. The van der Waals surface area contributed by atoms with Crippen LogP contribution in [0.1, 0.15) is 36.5 Å². The number of hydrogen-bond acceptors (Lipinski definition) is 5. The molecule has 10 heteroatoms. The Bertz CT molecular complexity index is 978. The van der Waals surface area contributed by atoms with Gasteiger partial charge in [0.25, 0.3) is 10.0 Å². The van der Waals surface area contributed by atoms with Crippen molar-refractivity contribution < 1.29 is 13.2 Å². The number of nitrogens with zero attached hydrogens (tertiary/aromatic N) is 3. The van der Waals surface area contributed by atoms with Crippen LogP contribution in [-0.4, -0.2) is 34.7 Å². The molecule has 0 atom stereocenters. The maximum atomic E-state index is 12.8. The zero-order chi connectivity index (χ0) is 19.2. The number of aromatic nitrogens is 2. The van der Waals surface area contributed by atoms with Crippen LogP contribution in [0.5, 0.6) is 0 Å². The lowest BCUT2D eigenvalue weighted by Gasteiger charge is -2.26. The van der Waals surface area contributed by atoms with Gasteiger partial charge in [-0.1, -0.05) is 18.0 Å². The van der Waals surface area contributed by atoms with Crippen LogP contribution in [0.25, 0.3) is 0 Å². The van der Waals surface area contributed by atoms with E-state index in [-0.39, 0.29) is 22.6 Å². The molecule has 1 aliphatic carbocycles. The Morgan fingerprint density at radius 3 is 2.81 bits per heavy atom. The van der Waals surface area contributed by atoms with E-state index in [0.29, 0.717) is 23.8 Å². The first kappa shape index (κ1) is 18.9. The van der Waals surface area contributed by atoms with Gasteiger partial charge in [-0.2, -0.15) is 4.31 Å². The second-order valence-corrected chi connectivity index (χ2v) is 10.9. The van der Waals surface area contributed by atoms with Gasteiger partial charge in [-0.15, -0.1) is 11.3 Å². The Morgan fingerprint density at radius 2 is 2.19 bits per heavy atom. The predicted octanol–water partition coefficient (Wildman–Crippen LogP) is 2.30. The first-order chi connectivity index (χ1) is 12.9. The van der Waals surface area contributed by atoms with Gasteiger partial charge in [0.05, 0.1) is 28.8 Å². The van der Waals surface area contributed by atoms with Crippen molar-refractivity contribution in [2.75, 3.05) is 6.54 Å². The SMILES string of the molecule is Cn1c(CNC(=O)C2CCC2)nc2c1CN(S(=O)(=O)c1ccc(Cl)s1)CC2. The largest absolute Gasteiger partial charge is 0.349 e. The van der Waals surface area contributed by atoms with Crippen LogP contribution in [0.15, 0.2) is 16.3 Å². The van der Waals surface area contributed by atoms with Crippen molar-refractivity contribution in [3.63, 3.8) is 0 Å². The topological polar surface area (TPSA) is 84.3 Å². The Labute approximate surface area is 167 Å².